The molecule has 0 radical (unpaired) electrons. The summed E-state index contributed by atoms with van der Waals surface area (Å²) >= 11 is 0. The zero-order valence-corrected chi connectivity index (χ0v) is 22.2. The lowest BCUT2D eigenvalue weighted by Crippen LogP contribution is -2.23. The molecule has 1 saturated carbocycles. The van der Waals surface area contributed by atoms with E-state index in [1.165, 1.54) is 5.56 Å². The van der Waals surface area contributed by atoms with Gasteiger partial charge in [0.1, 0.15) is 5.78 Å². The van der Waals surface area contributed by atoms with Crippen molar-refractivity contribution in [3.63, 3.8) is 0 Å². The second-order valence-corrected chi connectivity index (χ2v) is 10.3. The van der Waals surface area contributed by atoms with Crippen LogP contribution in [0.5, 0.6) is 0 Å². The van der Waals surface area contributed by atoms with Crippen molar-refractivity contribution >= 4 is 11.8 Å². The second kappa shape index (κ2) is 10.8. The highest BCUT2D eigenvalue weighted by Crippen LogP contribution is 2.49. The fourth-order valence-electron chi connectivity index (χ4n) is 5.13. The van der Waals surface area contributed by atoms with Crippen molar-refractivity contribution in [2.45, 2.75) is 57.8 Å². The van der Waals surface area contributed by atoms with Crippen molar-refractivity contribution in [1.82, 2.24) is 5.16 Å². The molecular formula is C33H33NO4. The molecule has 1 heterocycles. The number of carbonyl (C=O) groups is 2. The number of benzene rings is 3. The molecule has 3 aromatic carbocycles. The Kier molecular flexibility index (Phi) is 7.28. The van der Waals surface area contributed by atoms with E-state index in [4.69, 9.17) is 9.26 Å². The Morgan fingerprint density at radius 1 is 0.921 bits per heavy atom. The van der Waals surface area contributed by atoms with Crippen molar-refractivity contribution in [3.8, 4) is 22.5 Å². The summed E-state index contributed by atoms with van der Waals surface area (Å²) in [5.41, 5.74) is 6.34. The average Bonchev–Trinajstić information content (AvgIpc) is 3.68. The largest absolute Gasteiger partial charge is 0.465 e. The van der Waals surface area contributed by atoms with Crippen LogP contribution in [-0.4, -0.2) is 23.5 Å². The lowest BCUT2D eigenvalue weighted by Gasteiger charge is -2.14. The van der Waals surface area contributed by atoms with Gasteiger partial charge >= 0.3 is 5.97 Å². The first kappa shape index (κ1) is 25.7. The minimum absolute atomic E-state index is 0.122. The summed E-state index contributed by atoms with van der Waals surface area (Å²) in [6.07, 6.45) is 2.45. The van der Waals surface area contributed by atoms with E-state index in [1.54, 1.807) is 0 Å². The first-order chi connectivity index (χ1) is 18.4. The molecule has 0 unspecified atom stereocenters. The van der Waals surface area contributed by atoms with Crippen molar-refractivity contribution in [2.24, 2.45) is 0 Å². The molecule has 0 saturated heterocycles. The number of ether oxygens (including phenoxy) is 1. The minimum Gasteiger partial charge on any atom is -0.465 e. The Labute approximate surface area is 223 Å². The standard InChI is InChI=1S/C33H33NO4/c1-4-37-32(36)33(18-19-33)28-16-14-26(15-17-28)25-10-12-27(13-11-25)31-30(23(3)34-38-31)21-29(35)20-22(2)24-8-6-5-7-9-24/h5-17,22H,4,18-21H2,1-3H3/t22-/m0/s1. The molecule has 1 fully saturated rings. The van der Waals surface area contributed by atoms with Crippen LogP contribution in [0.3, 0.4) is 0 Å². The van der Waals surface area contributed by atoms with Crippen LogP contribution in [0.15, 0.2) is 83.4 Å². The molecule has 38 heavy (non-hydrogen) atoms. The maximum atomic E-state index is 13.0. The normalized spacial score (nSPS) is 14.6. The molecule has 0 bridgehead atoms. The molecular weight excluding hydrogens is 474 g/mol. The van der Waals surface area contributed by atoms with E-state index in [0.29, 0.717) is 25.2 Å². The highest BCUT2D eigenvalue weighted by Gasteiger charge is 2.52. The van der Waals surface area contributed by atoms with Gasteiger partial charge in [0.2, 0.25) is 0 Å². The lowest BCUT2D eigenvalue weighted by molar-refractivity contribution is -0.146. The van der Waals surface area contributed by atoms with Gasteiger partial charge in [0.15, 0.2) is 5.76 Å². The Hall–Kier alpha value is -3.99. The van der Waals surface area contributed by atoms with Gasteiger partial charge < -0.3 is 9.26 Å². The van der Waals surface area contributed by atoms with Gasteiger partial charge in [-0.25, -0.2) is 0 Å². The lowest BCUT2D eigenvalue weighted by atomic mass is 9.92. The third-order valence-corrected chi connectivity index (χ3v) is 7.60. The van der Waals surface area contributed by atoms with Crippen LogP contribution >= 0.6 is 0 Å². The maximum Gasteiger partial charge on any atom is 0.316 e. The van der Waals surface area contributed by atoms with Gasteiger partial charge in [-0.2, -0.15) is 0 Å². The molecule has 5 nitrogen and oxygen atoms in total. The Balaban J connectivity index is 1.29. The van der Waals surface area contributed by atoms with Gasteiger partial charge in [-0.1, -0.05) is 90.9 Å². The number of esters is 1. The van der Waals surface area contributed by atoms with E-state index in [-0.39, 0.29) is 17.7 Å². The van der Waals surface area contributed by atoms with E-state index in [2.05, 4.69) is 36.3 Å². The summed E-state index contributed by atoms with van der Waals surface area (Å²) in [7, 11) is 0. The number of hydrogen-bond donors (Lipinski definition) is 0. The minimum atomic E-state index is -0.463. The summed E-state index contributed by atoms with van der Waals surface area (Å²) in [6, 6.07) is 26.4. The summed E-state index contributed by atoms with van der Waals surface area (Å²) in [4.78, 5) is 25.4. The fourth-order valence-corrected chi connectivity index (χ4v) is 5.13. The first-order valence-corrected chi connectivity index (χ1v) is 13.3. The van der Waals surface area contributed by atoms with Crippen LogP contribution in [0.1, 0.15) is 61.4 Å². The molecule has 1 aromatic heterocycles. The number of ketones is 1. The predicted octanol–water partition coefficient (Wildman–Crippen LogP) is 7.22. The molecule has 0 spiro atoms. The predicted molar refractivity (Wildman–Crippen MR) is 148 cm³/mol. The monoisotopic (exact) mass is 507 g/mol. The van der Waals surface area contributed by atoms with E-state index in [0.717, 1.165) is 46.4 Å². The Bertz CT molecular complexity index is 1410. The van der Waals surface area contributed by atoms with E-state index in [1.807, 2.05) is 68.4 Å². The van der Waals surface area contributed by atoms with Gasteiger partial charge in [-0.15, -0.1) is 0 Å². The summed E-state index contributed by atoms with van der Waals surface area (Å²) in [6.45, 7) is 6.21. The molecule has 4 aromatic rings. The number of rotatable bonds is 10. The van der Waals surface area contributed by atoms with Gasteiger partial charge in [0.05, 0.1) is 17.7 Å². The molecule has 194 valence electrons. The Morgan fingerprint density at radius 3 is 2.13 bits per heavy atom. The maximum absolute atomic E-state index is 13.0. The average molecular weight is 508 g/mol. The summed E-state index contributed by atoms with van der Waals surface area (Å²) in [5, 5.41) is 4.16. The third-order valence-electron chi connectivity index (χ3n) is 7.60. The van der Waals surface area contributed by atoms with Crippen LogP contribution in [0.4, 0.5) is 0 Å². The van der Waals surface area contributed by atoms with Crippen LogP contribution in [0.2, 0.25) is 0 Å². The van der Waals surface area contributed by atoms with Crippen LogP contribution < -0.4 is 0 Å². The van der Waals surface area contributed by atoms with Crippen LogP contribution in [0, 0.1) is 6.92 Å². The third kappa shape index (κ3) is 5.19. The van der Waals surface area contributed by atoms with Gasteiger partial charge in [0, 0.05) is 24.0 Å². The molecule has 0 N–H and O–H groups in total. The van der Waals surface area contributed by atoms with Crippen LogP contribution in [0.25, 0.3) is 22.5 Å². The number of hydrogen-bond acceptors (Lipinski definition) is 5. The number of nitrogens with zero attached hydrogens (tertiary/aromatic N) is 1. The quantitative estimate of drug-likeness (QED) is 0.212. The van der Waals surface area contributed by atoms with E-state index in [9.17, 15) is 9.59 Å². The molecule has 1 aliphatic rings. The summed E-state index contributed by atoms with van der Waals surface area (Å²) in [5.74, 6) is 0.852. The molecule has 5 heteroatoms. The van der Waals surface area contributed by atoms with Crippen LogP contribution in [-0.2, 0) is 26.2 Å². The summed E-state index contributed by atoms with van der Waals surface area (Å²) < 4.78 is 11.0. The number of carbonyl (C=O) groups excluding carboxylic acids is 2. The SMILES string of the molecule is CCOC(=O)C1(c2ccc(-c3ccc(-c4onc(C)c4CC(=O)C[C@H](C)c4ccccc4)cc3)cc2)CC1. The molecule has 5 rings (SSSR count). The molecule has 1 atom stereocenters. The second-order valence-electron chi connectivity index (χ2n) is 10.3. The molecule has 0 aliphatic heterocycles. The highest BCUT2D eigenvalue weighted by molar-refractivity contribution is 5.87. The van der Waals surface area contributed by atoms with Gasteiger partial charge in [0.25, 0.3) is 0 Å². The first-order valence-electron chi connectivity index (χ1n) is 13.3. The fraction of sp³-hybridized carbons (Fsp3) is 0.303. The number of aryl methyl sites for hydroxylation is 1. The topological polar surface area (TPSA) is 69.4 Å². The zero-order chi connectivity index (χ0) is 26.7. The van der Waals surface area contributed by atoms with Crippen molar-refractivity contribution < 1.29 is 18.8 Å². The smallest absolute Gasteiger partial charge is 0.316 e. The van der Waals surface area contributed by atoms with E-state index >= 15 is 0 Å². The molecule has 0 amide bonds. The van der Waals surface area contributed by atoms with Crippen molar-refractivity contribution in [1.29, 1.82) is 0 Å². The number of aromatic nitrogens is 1. The molecule has 1 aliphatic carbocycles. The highest BCUT2D eigenvalue weighted by atomic mass is 16.5. The van der Waals surface area contributed by atoms with Gasteiger partial charge in [-0.3, -0.25) is 9.59 Å². The van der Waals surface area contributed by atoms with Crippen molar-refractivity contribution in [2.75, 3.05) is 6.61 Å². The Morgan fingerprint density at radius 2 is 1.53 bits per heavy atom. The van der Waals surface area contributed by atoms with Gasteiger partial charge in [-0.05, 0) is 54.9 Å². The van der Waals surface area contributed by atoms with E-state index < -0.39 is 5.41 Å². The van der Waals surface area contributed by atoms with Crippen molar-refractivity contribution in [3.05, 3.63) is 101 Å². The zero-order valence-electron chi connectivity index (χ0n) is 22.2. The number of Topliss-reactive ketones (excluding diaryl/α,β-unsaturated/α-hetero) is 1.